The smallest absolute Gasteiger partial charge is 0.258 e. The predicted molar refractivity (Wildman–Crippen MR) is 67.2 cm³/mol. The number of primary amides is 1. The van der Waals surface area contributed by atoms with E-state index in [1.165, 1.54) is 11.3 Å². The molecule has 0 aromatic carbocycles. The maximum absolute atomic E-state index is 12.0. The molecule has 0 atom stereocenters. The molecule has 1 aromatic heterocycles. The largest absolute Gasteiger partial charge is 0.369 e. The molecule has 0 spiro atoms. The maximum Gasteiger partial charge on any atom is 0.258 e. The van der Waals surface area contributed by atoms with Crippen molar-refractivity contribution in [2.45, 2.75) is 31.3 Å². The van der Waals surface area contributed by atoms with E-state index in [-0.39, 0.29) is 12.3 Å². The summed E-state index contributed by atoms with van der Waals surface area (Å²) >= 11 is 1.27. The van der Waals surface area contributed by atoms with Crippen molar-refractivity contribution < 1.29 is 14.3 Å². The van der Waals surface area contributed by atoms with Crippen LogP contribution in [0.4, 0.5) is 5.13 Å². The predicted octanol–water partition coefficient (Wildman–Crippen LogP) is 0.678. The summed E-state index contributed by atoms with van der Waals surface area (Å²) in [6.45, 7) is 0. The lowest BCUT2D eigenvalue weighted by molar-refractivity contribution is -0.148. The molecule has 0 unspecified atom stereocenters. The number of nitrogens with one attached hydrogen (secondary N) is 1. The van der Waals surface area contributed by atoms with Gasteiger partial charge in [-0.2, -0.15) is 0 Å². The van der Waals surface area contributed by atoms with Gasteiger partial charge in [0.15, 0.2) is 5.13 Å². The van der Waals surface area contributed by atoms with E-state index >= 15 is 0 Å². The van der Waals surface area contributed by atoms with Crippen molar-refractivity contribution in [2.24, 2.45) is 5.73 Å². The molecule has 1 aliphatic rings. The zero-order valence-corrected chi connectivity index (χ0v) is 10.9. The van der Waals surface area contributed by atoms with Crippen LogP contribution in [0.1, 0.15) is 25.0 Å². The number of methoxy groups -OCH3 is 1. The first-order chi connectivity index (χ1) is 8.55. The average molecular weight is 269 g/mol. The van der Waals surface area contributed by atoms with Crippen LogP contribution >= 0.6 is 11.3 Å². The van der Waals surface area contributed by atoms with E-state index in [1.54, 1.807) is 12.5 Å². The molecule has 7 heteroatoms. The summed E-state index contributed by atoms with van der Waals surface area (Å²) in [6, 6.07) is 0. The lowest BCUT2D eigenvalue weighted by Gasteiger charge is -2.38. The fraction of sp³-hybridized carbons (Fsp3) is 0.545. The zero-order valence-electron chi connectivity index (χ0n) is 10.1. The van der Waals surface area contributed by atoms with Crippen molar-refractivity contribution in [1.82, 2.24) is 4.98 Å². The summed E-state index contributed by atoms with van der Waals surface area (Å²) in [5.41, 5.74) is 4.95. The van der Waals surface area contributed by atoms with Gasteiger partial charge in [0.1, 0.15) is 5.60 Å². The number of nitrogens with zero attached hydrogens (tertiary/aromatic N) is 1. The van der Waals surface area contributed by atoms with Crippen LogP contribution in [-0.2, 0) is 20.7 Å². The van der Waals surface area contributed by atoms with E-state index in [0.717, 1.165) is 19.3 Å². The van der Waals surface area contributed by atoms with Crippen LogP contribution in [-0.4, -0.2) is 29.5 Å². The molecule has 0 aliphatic heterocycles. The molecule has 6 nitrogen and oxygen atoms in total. The lowest BCUT2D eigenvalue weighted by atomic mass is 9.79. The van der Waals surface area contributed by atoms with Crippen LogP contribution < -0.4 is 11.1 Å². The lowest BCUT2D eigenvalue weighted by Crippen LogP contribution is -2.50. The van der Waals surface area contributed by atoms with Gasteiger partial charge in [-0.25, -0.2) is 4.98 Å². The number of hydrogen-bond acceptors (Lipinski definition) is 5. The first-order valence-electron chi connectivity index (χ1n) is 5.65. The van der Waals surface area contributed by atoms with Crippen molar-refractivity contribution in [3.63, 3.8) is 0 Å². The third kappa shape index (κ3) is 2.51. The minimum atomic E-state index is -0.699. The zero-order chi connectivity index (χ0) is 13.2. The molecular formula is C11H15N3O3S. The molecule has 1 fully saturated rings. The Morgan fingerprint density at radius 1 is 1.61 bits per heavy atom. The topological polar surface area (TPSA) is 94.3 Å². The quantitative estimate of drug-likeness (QED) is 0.821. The molecule has 1 heterocycles. The molecule has 0 radical (unpaired) electrons. The number of hydrogen-bond donors (Lipinski definition) is 2. The summed E-state index contributed by atoms with van der Waals surface area (Å²) in [6.07, 6.45) is 2.54. The number of ether oxygens (including phenoxy) is 1. The molecule has 0 bridgehead atoms. The van der Waals surface area contributed by atoms with Gasteiger partial charge in [0.2, 0.25) is 5.91 Å². The SMILES string of the molecule is COC1(C(=O)Nc2nc(CC(N)=O)cs2)CCC1. The van der Waals surface area contributed by atoms with Gasteiger partial charge in [0.25, 0.3) is 5.91 Å². The molecule has 1 aromatic rings. The van der Waals surface area contributed by atoms with Crippen molar-refractivity contribution >= 4 is 28.3 Å². The highest BCUT2D eigenvalue weighted by Crippen LogP contribution is 2.36. The summed E-state index contributed by atoms with van der Waals surface area (Å²) in [7, 11) is 1.54. The normalized spacial score (nSPS) is 16.9. The van der Waals surface area contributed by atoms with Gasteiger partial charge < -0.3 is 10.5 Å². The summed E-state index contributed by atoms with van der Waals surface area (Å²) < 4.78 is 5.27. The van der Waals surface area contributed by atoms with Crippen LogP contribution in [0, 0.1) is 0 Å². The van der Waals surface area contributed by atoms with Gasteiger partial charge in [-0.3, -0.25) is 14.9 Å². The van der Waals surface area contributed by atoms with Gasteiger partial charge in [-0.05, 0) is 19.3 Å². The second-order valence-corrected chi connectivity index (χ2v) is 5.15. The van der Waals surface area contributed by atoms with E-state index < -0.39 is 11.5 Å². The van der Waals surface area contributed by atoms with Crippen molar-refractivity contribution in [3.05, 3.63) is 11.1 Å². The minimum absolute atomic E-state index is 0.0851. The molecule has 1 saturated carbocycles. The van der Waals surface area contributed by atoms with E-state index in [1.807, 2.05) is 0 Å². The van der Waals surface area contributed by atoms with E-state index in [0.29, 0.717) is 10.8 Å². The summed E-state index contributed by atoms with van der Waals surface area (Å²) in [4.78, 5) is 26.9. The first kappa shape index (κ1) is 13.0. The van der Waals surface area contributed by atoms with Gasteiger partial charge in [0, 0.05) is 12.5 Å². The fourth-order valence-corrected chi connectivity index (χ4v) is 2.56. The molecular weight excluding hydrogens is 254 g/mol. The van der Waals surface area contributed by atoms with E-state index in [9.17, 15) is 9.59 Å². The van der Waals surface area contributed by atoms with E-state index in [4.69, 9.17) is 10.5 Å². The molecule has 18 heavy (non-hydrogen) atoms. The Labute approximate surface area is 109 Å². The number of amides is 2. The van der Waals surface area contributed by atoms with Crippen LogP contribution in [0.3, 0.4) is 0 Å². The molecule has 98 valence electrons. The number of anilines is 1. The van der Waals surface area contributed by atoms with Crippen LogP contribution in [0.15, 0.2) is 5.38 Å². The Morgan fingerprint density at radius 2 is 2.33 bits per heavy atom. The molecule has 2 rings (SSSR count). The Bertz CT molecular complexity index is 462. The van der Waals surface area contributed by atoms with Crippen LogP contribution in [0.5, 0.6) is 0 Å². The Morgan fingerprint density at radius 3 is 2.83 bits per heavy atom. The third-order valence-electron chi connectivity index (χ3n) is 3.09. The number of aromatic nitrogens is 1. The van der Waals surface area contributed by atoms with Gasteiger partial charge in [0.05, 0.1) is 12.1 Å². The Kier molecular flexibility index (Phi) is 3.63. The van der Waals surface area contributed by atoms with Crippen LogP contribution in [0.2, 0.25) is 0 Å². The molecule has 1 aliphatic carbocycles. The second-order valence-electron chi connectivity index (χ2n) is 4.29. The first-order valence-corrected chi connectivity index (χ1v) is 6.53. The number of rotatable bonds is 5. The monoisotopic (exact) mass is 269 g/mol. The Balaban J connectivity index is 1.99. The highest BCUT2D eigenvalue weighted by atomic mass is 32.1. The van der Waals surface area contributed by atoms with Crippen LogP contribution in [0.25, 0.3) is 0 Å². The number of thiazole rings is 1. The maximum atomic E-state index is 12.0. The average Bonchev–Trinajstić information content (AvgIpc) is 2.63. The Hall–Kier alpha value is -1.47. The van der Waals surface area contributed by atoms with Gasteiger partial charge in [-0.15, -0.1) is 11.3 Å². The van der Waals surface area contributed by atoms with Crippen molar-refractivity contribution in [1.29, 1.82) is 0 Å². The highest BCUT2D eigenvalue weighted by Gasteiger charge is 2.44. The van der Waals surface area contributed by atoms with Gasteiger partial charge >= 0.3 is 0 Å². The second kappa shape index (κ2) is 5.03. The van der Waals surface area contributed by atoms with Gasteiger partial charge in [-0.1, -0.05) is 0 Å². The molecule has 0 saturated heterocycles. The number of nitrogens with two attached hydrogens (primary N) is 1. The van der Waals surface area contributed by atoms with E-state index in [2.05, 4.69) is 10.3 Å². The van der Waals surface area contributed by atoms with Crippen molar-refractivity contribution in [3.8, 4) is 0 Å². The number of carbonyl (C=O) groups is 2. The summed E-state index contributed by atoms with van der Waals surface area (Å²) in [5, 5.41) is 4.90. The molecule has 2 amide bonds. The number of carbonyl (C=O) groups excluding carboxylic acids is 2. The third-order valence-corrected chi connectivity index (χ3v) is 3.90. The highest BCUT2D eigenvalue weighted by molar-refractivity contribution is 7.13. The summed E-state index contributed by atoms with van der Waals surface area (Å²) in [5.74, 6) is -0.609. The van der Waals surface area contributed by atoms with Crippen molar-refractivity contribution in [2.75, 3.05) is 12.4 Å². The standard InChI is InChI=1S/C11H15N3O3S/c1-17-11(3-2-4-11)9(16)14-10-13-7(6-18-10)5-8(12)15/h6H,2-5H2,1H3,(H2,12,15)(H,13,14,16). The minimum Gasteiger partial charge on any atom is -0.369 e. The fourth-order valence-electron chi connectivity index (χ4n) is 1.86. The molecule has 3 N–H and O–H groups in total.